The van der Waals surface area contributed by atoms with E-state index in [0.29, 0.717) is 12.1 Å². The minimum atomic E-state index is -4.99. The van der Waals surface area contributed by atoms with Crippen molar-refractivity contribution in [2.75, 3.05) is 5.32 Å². The second-order valence-electron chi connectivity index (χ2n) is 6.15. The average molecular weight is 467 g/mol. The van der Waals surface area contributed by atoms with Crippen LogP contribution in [0.15, 0.2) is 54.6 Å². The molecule has 11 heteroatoms. The molecule has 0 saturated carbocycles. The minimum Gasteiger partial charge on any atom is -0.346 e. The van der Waals surface area contributed by atoms with Gasteiger partial charge in [0.15, 0.2) is 5.01 Å². The van der Waals surface area contributed by atoms with Crippen LogP contribution in [0.1, 0.15) is 25.9 Å². The summed E-state index contributed by atoms with van der Waals surface area (Å²) in [7, 11) is 0. The van der Waals surface area contributed by atoms with Crippen LogP contribution in [-0.4, -0.2) is 28.2 Å². The minimum absolute atomic E-state index is 0.0428. The lowest BCUT2D eigenvalue weighted by Gasteiger charge is -2.08. The summed E-state index contributed by atoms with van der Waals surface area (Å²) in [6.45, 7) is 0.328. The van der Waals surface area contributed by atoms with Gasteiger partial charge in [-0.1, -0.05) is 65.4 Å². The van der Waals surface area contributed by atoms with Crippen molar-refractivity contribution in [2.45, 2.75) is 12.7 Å². The van der Waals surface area contributed by atoms with Gasteiger partial charge in [-0.3, -0.25) is 9.59 Å². The average Bonchev–Trinajstić information content (AvgIpc) is 3.23. The van der Waals surface area contributed by atoms with Gasteiger partial charge in [0.05, 0.1) is 5.03 Å². The van der Waals surface area contributed by atoms with Crippen molar-refractivity contribution in [3.05, 3.63) is 75.7 Å². The molecule has 160 valence electrons. The first-order chi connectivity index (χ1) is 14.7. The summed E-state index contributed by atoms with van der Waals surface area (Å²) in [6.07, 6.45) is -3.55. The highest BCUT2D eigenvalue weighted by Gasteiger charge is 2.38. The van der Waals surface area contributed by atoms with Crippen molar-refractivity contribution < 1.29 is 22.8 Å². The summed E-state index contributed by atoms with van der Waals surface area (Å²) < 4.78 is 37.2. The van der Waals surface area contributed by atoms with Gasteiger partial charge >= 0.3 is 12.1 Å². The lowest BCUT2D eigenvalue weighted by molar-refractivity contribution is -0.167. The number of carbonyl (C=O) groups is 2. The number of hydrogen-bond acceptors (Lipinski definition) is 5. The number of rotatable bonds is 6. The SMILES string of the molecule is O=C(NCc1ccccc1)c1nnc(/C(Cl)=C/c2cccc(NC(=O)C(F)(F)F)c2)s1. The zero-order valence-electron chi connectivity index (χ0n) is 15.6. The number of aromatic nitrogens is 2. The zero-order chi connectivity index (χ0) is 22.4. The normalized spacial score (nSPS) is 11.8. The molecule has 0 fully saturated rings. The highest BCUT2D eigenvalue weighted by atomic mass is 35.5. The zero-order valence-corrected chi connectivity index (χ0v) is 17.2. The van der Waals surface area contributed by atoms with Gasteiger partial charge in [0.1, 0.15) is 0 Å². The number of amides is 2. The summed E-state index contributed by atoms with van der Waals surface area (Å²) >= 11 is 7.20. The number of carbonyl (C=O) groups excluding carboxylic acids is 2. The molecule has 0 radical (unpaired) electrons. The highest BCUT2D eigenvalue weighted by Crippen LogP contribution is 2.26. The Kier molecular flexibility index (Phi) is 7.03. The Hall–Kier alpha value is -3.24. The van der Waals surface area contributed by atoms with E-state index in [0.717, 1.165) is 16.9 Å². The van der Waals surface area contributed by atoms with E-state index >= 15 is 0 Å². The first-order valence-electron chi connectivity index (χ1n) is 8.74. The molecule has 6 nitrogen and oxygen atoms in total. The number of nitrogens with zero attached hydrogens (tertiary/aromatic N) is 2. The predicted octanol–water partition coefficient (Wildman–Crippen LogP) is 4.71. The second-order valence-corrected chi connectivity index (χ2v) is 7.53. The molecule has 0 bridgehead atoms. The van der Waals surface area contributed by atoms with Crippen molar-refractivity contribution in [1.82, 2.24) is 15.5 Å². The van der Waals surface area contributed by atoms with Crippen LogP contribution in [0.3, 0.4) is 0 Å². The Morgan fingerprint density at radius 3 is 2.45 bits per heavy atom. The van der Waals surface area contributed by atoms with E-state index in [1.165, 1.54) is 24.3 Å². The van der Waals surface area contributed by atoms with Crippen LogP contribution in [0.4, 0.5) is 18.9 Å². The van der Waals surface area contributed by atoms with Gasteiger partial charge in [0.2, 0.25) is 5.01 Å². The number of nitrogens with one attached hydrogen (secondary N) is 2. The van der Waals surface area contributed by atoms with Gasteiger partial charge in [-0.2, -0.15) is 13.2 Å². The second kappa shape index (κ2) is 9.71. The van der Waals surface area contributed by atoms with Gasteiger partial charge in [0.25, 0.3) is 5.91 Å². The lowest BCUT2D eigenvalue weighted by Crippen LogP contribution is -2.29. The molecule has 31 heavy (non-hydrogen) atoms. The molecule has 1 aromatic heterocycles. The fraction of sp³-hybridized carbons (Fsp3) is 0.100. The van der Waals surface area contributed by atoms with E-state index in [-0.39, 0.29) is 20.7 Å². The lowest BCUT2D eigenvalue weighted by atomic mass is 10.2. The van der Waals surface area contributed by atoms with Crippen LogP contribution in [0, 0.1) is 0 Å². The fourth-order valence-corrected chi connectivity index (χ4v) is 3.33. The van der Waals surface area contributed by atoms with Crippen molar-refractivity contribution in [3.8, 4) is 0 Å². The van der Waals surface area contributed by atoms with Crippen molar-refractivity contribution in [3.63, 3.8) is 0 Å². The Bertz CT molecular complexity index is 1120. The first kappa shape index (κ1) is 22.4. The maximum Gasteiger partial charge on any atom is 0.471 e. The number of alkyl halides is 3. The van der Waals surface area contributed by atoms with Crippen molar-refractivity contribution in [2.24, 2.45) is 0 Å². The Labute approximate surface area is 183 Å². The smallest absolute Gasteiger partial charge is 0.346 e. The molecule has 3 aromatic rings. The van der Waals surface area contributed by atoms with Gasteiger partial charge in [-0.05, 0) is 29.3 Å². The Morgan fingerprint density at radius 1 is 1.03 bits per heavy atom. The summed E-state index contributed by atoms with van der Waals surface area (Å²) in [5.74, 6) is -2.48. The summed E-state index contributed by atoms with van der Waals surface area (Å²) in [5, 5.41) is 12.7. The third kappa shape index (κ3) is 6.37. The van der Waals surface area contributed by atoms with Crippen molar-refractivity contribution >= 4 is 51.5 Å². The summed E-state index contributed by atoms with van der Waals surface area (Å²) in [4.78, 5) is 23.3. The van der Waals surface area contributed by atoms with Crippen LogP contribution in [0.2, 0.25) is 0 Å². The van der Waals surface area contributed by atoms with Crippen LogP contribution >= 0.6 is 22.9 Å². The van der Waals surface area contributed by atoms with Crippen LogP contribution < -0.4 is 10.6 Å². The summed E-state index contributed by atoms with van der Waals surface area (Å²) in [5.41, 5.74) is 1.31. The van der Waals surface area contributed by atoms with E-state index < -0.39 is 18.0 Å². The molecule has 0 aliphatic carbocycles. The number of halogens is 4. The van der Waals surface area contributed by atoms with Gasteiger partial charge in [0, 0.05) is 12.2 Å². The third-order valence-corrected chi connectivity index (χ3v) is 5.17. The maximum atomic E-state index is 12.4. The Morgan fingerprint density at radius 2 is 1.74 bits per heavy atom. The number of anilines is 1. The number of hydrogen-bond donors (Lipinski definition) is 2. The molecule has 0 aliphatic rings. The van der Waals surface area contributed by atoms with E-state index in [2.05, 4.69) is 15.5 Å². The van der Waals surface area contributed by atoms with E-state index in [1.54, 1.807) is 11.4 Å². The molecule has 0 spiro atoms. The van der Waals surface area contributed by atoms with E-state index in [9.17, 15) is 22.8 Å². The van der Waals surface area contributed by atoms with Crippen LogP contribution in [0.25, 0.3) is 11.1 Å². The largest absolute Gasteiger partial charge is 0.471 e. The topological polar surface area (TPSA) is 84.0 Å². The van der Waals surface area contributed by atoms with Gasteiger partial charge in [-0.25, -0.2) is 0 Å². The molecular weight excluding hydrogens is 453 g/mol. The van der Waals surface area contributed by atoms with Crippen LogP contribution in [-0.2, 0) is 11.3 Å². The quantitative estimate of drug-likeness (QED) is 0.551. The first-order valence-corrected chi connectivity index (χ1v) is 9.93. The van der Waals surface area contributed by atoms with Crippen LogP contribution in [0.5, 0.6) is 0 Å². The standard InChI is InChI=1S/C20H14ClF3N4O2S/c21-15(10-13-7-4-8-14(9-13)26-19(30)20(22,23)24)17-27-28-18(31-17)16(29)25-11-12-5-2-1-3-6-12/h1-10H,11H2,(H,25,29)(H,26,30)/b15-10-. The fourth-order valence-electron chi connectivity index (χ4n) is 2.38. The van der Waals surface area contributed by atoms with Gasteiger partial charge in [-0.15, -0.1) is 10.2 Å². The van der Waals surface area contributed by atoms with E-state index in [4.69, 9.17) is 11.6 Å². The predicted molar refractivity (Wildman–Crippen MR) is 112 cm³/mol. The molecule has 1 heterocycles. The van der Waals surface area contributed by atoms with Crippen molar-refractivity contribution in [1.29, 1.82) is 0 Å². The molecule has 2 aromatic carbocycles. The summed E-state index contributed by atoms with van der Waals surface area (Å²) in [6, 6.07) is 15.0. The van der Waals surface area contributed by atoms with Gasteiger partial charge < -0.3 is 10.6 Å². The highest BCUT2D eigenvalue weighted by molar-refractivity contribution is 7.15. The third-order valence-electron chi connectivity index (χ3n) is 3.81. The molecule has 3 rings (SSSR count). The molecule has 0 unspecified atom stereocenters. The molecular formula is C20H14ClF3N4O2S. The molecule has 0 atom stereocenters. The maximum absolute atomic E-state index is 12.4. The molecule has 0 saturated heterocycles. The van der Waals surface area contributed by atoms with E-state index in [1.807, 2.05) is 30.3 Å². The molecule has 0 aliphatic heterocycles. The molecule has 2 N–H and O–H groups in total. The molecule has 2 amide bonds. The number of benzene rings is 2. The monoisotopic (exact) mass is 466 g/mol. The Balaban J connectivity index is 1.67.